The molecule has 3 rings (SSSR count). The molecule has 0 bridgehead atoms. The molecule has 0 saturated carbocycles. The van der Waals surface area contributed by atoms with Crippen LogP contribution < -0.4 is 5.32 Å². The van der Waals surface area contributed by atoms with Crippen LogP contribution in [0.2, 0.25) is 5.02 Å². The quantitative estimate of drug-likeness (QED) is 0.834. The van der Waals surface area contributed by atoms with E-state index in [1.165, 1.54) is 17.0 Å². The minimum atomic E-state index is -0.411. The van der Waals surface area contributed by atoms with Gasteiger partial charge in [0.15, 0.2) is 0 Å². The van der Waals surface area contributed by atoms with Crippen molar-refractivity contribution in [2.24, 2.45) is 0 Å². The summed E-state index contributed by atoms with van der Waals surface area (Å²) >= 11 is 6.01. The zero-order chi connectivity index (χ0) is 17.8. The SMILES string of the molecule is O=C(CN1CCN(Cc2ccc(F)cc2Cl)C1=O)NCC1CCCO1. The van der Waals surface area contributed by atoms with Gasteiger partial charge in [0.05, 0.1) is 6.10 Å². The molecule has 3 amide bonds. The van der Waals surface area contributed by atoms with Gasteiger partial charge >= 0.3 is 6.03 Å². The molecule has 1 atom stereocenters. The second-order valence-corrected chi connectivity index (χ2v) is 6.71. The number of urea groups is 1. The summed E-state index contributed by atoms with van der Waals surface area (Å²) in [5.74, 6) is -0.600. The molecule has 136 valence electrons. The third-order valence-electron chi connectivity index (χ3n) is 4.44. The number of benzene rings is 1. The first-order valence-electron chi connectivity index (χ1n) is 8.39. The lowest BCUT2D eigenvalue weighted by Gasteiger charge is -2.19. The summed E-state index contributed by atoms with van der Waals surface area (Å²) < 4.78 is 18.6. The number of ether oxygens (including phenoxy) is 1. The minimum absolute atomic E-state index is 0.0270. The van der Waals surface area contributed by atoms with E-state index in [0.29, 0.717) is 36.8 Å². The Morgan fingerprint density at radius 2 is 2.16 bits per heavy atom. The molecule has 2 saturated heterocycles. The second kappa shape index (κ2) is 8.01. The zero-order valence-corrected chi connectivity index (χ0v) is 14.6. The third-order valence-corrected chi connectivity index (χ3v) is 4.79. The Morgan fingerprint density at radius 1 is 1.36 bits per heavy atom. The van der Waals surface area contributed by atoms with Crippen molar-refractivity contribution in [1.82, 2.24) is 15.1 Å². The van der Waals surface area contributed by atoms with Crippen LogP contribution >= 0.6 is 11.6 Å². The lowest BCUT2D eigenvalue weighted by atomic mass is 10.2. The number of halogens is 2. The van der Waals surface area contributed by atoms with E-state index in [4.69, 9.17) is 16.3 Å². The predicted octanol–water partition coefficient (Wildman–Crippen LogP) is 2.01. The number of carbonyl (C=O) groups is 2. The molecular weight excluding hydrogens is 349 g/mol. The summed E-state index contributed by atoms with van der Waals surface area (Å²) in [5.41, 5.74) is 0.682. The molecule has 0 radical (unpaired) electrons. The van der Waals surface area contributed by atoms with Gasteiger partial charge in [-0.3, -0.25) is 4.79 Å². The minimum Gasteiger partial charge on any atom is -0.376 e. The molecule has 2 aliphatic rings. The van der Waals surface area contributed by atoms with Crippen molar-refractivity contribution in [2.75, 3.05) is 32.8 Å². The Bertz CT molecular complexity index is 652. The van der Waals surface area contributed by atoms with Gasteiger partial charge in [-0.1, -0.05) is 17.7 Å². The van der Waals surface area contributed by atoms with Gasteiger partial charge in [0, 0.05) is 37.8 Å². The number of carbonyl (C=O) groups excluding carboxylic acids is 2. The van der Waals surface area contributed by atoms with Crippen LogP contribution in [0.1, 0.15) is 18.4 Å². The van der Waals surface area contributed by atoms with E-state index in [-0.39, 0.29) is 24.6 Å². The van der Waals surface area contributed by atoms with E-state index in [2.05, 4.69) is 5.32 Å². The lowest BCUT2D eigenvalue weighted by Crippen LogP contribution is -2.41. The van der Waals surface area contributed by atoms with E-state index >= 15 is 0 Å². The Kier molecular flexibility index (Phi) is 5.75. The van der Waals surface area contributed by atoms with Crippen molar-refractivity contribution in [3.05, 3.63) is 34.6 Å². The molecule has 1 aromatic rings. The lowest BCUT2D eigenvalue weighted by molar-refractivity contribution is -0.122. The zero-order valence-electron chi connectivity index (χ0n) is 13.8. The molecule has 2 fully saturated rings. The Balaban J connectivity index is 1.48. The monoisotopic (exact) mass is 369 g/mol. The van der Waals surface area contributed by atoms with Gasteiger partial charge in [-0.25, -0.2) is 9.18 Å². The van der Waals surface area contributed by atoms with Gasteiger partial charge < -0.3 is 19.9 Å². The van der Waals surface area contributed by atoms with Crippen molar-refractivity contribution in [3.63, 3.8) is 0 Å². The first-order valence-corrected chi connectivity index (χ1v) is 8.77. The van der Waals surface area contributed by atoms with Gasteiger partial charge in [-0.05, 0) is 30.5 Å². The summed E-state index contributed by atoms with van der Waals surface area (Å²) in [5, 5.41) is 3.10. The first kappa shape index (κ1) is 17.9. The molecule has 25 heavy (non-hydrogen) atoms. The molecule has 1 unspecified atom stereocenters. The van der Waals surface area contributed by atoms with E-state index in [0.717, 1.165) is 19.4 Å². The summed E-state index contributed by atoms with van der Waals surface area (Å²) in [6.45, 7) is 2.53. The van der Waals surface area contributed by atoms with Gasteiger partial charge in [-0.15, -0.1) is 0 Å². The van der Waals surface area contributed by atoms with Gasteiger partial charge in [-0.2, -0.15) is 0 Å². The largest absolute Gasteiger partial charge is 0.376 e. The molecule has 1 N–H and O–H groups in total. The maximum atomic E-state index is 13.1. The molecule has 0 spiro atoms. The van der Waals surface area contributed by atoms with E-state index < -0.39 is 5.82 Å². The van der Waals surface area contributed by atoms with Crippen LogP contribution in [0.4, 0.5) is 9.18 Å². The number of amides is 3. The average Bonchev–Trinajstić information content (AvgIpc) is 3.20. The van der Waals surface area contributed by atoms with Crippen LogP contribution in [0, 0.1) is 5.82 Å². The van der Waals surface area contributed by atoms with Crippen molar-refractivity contribution >= 4 is 23.5 Å². The smallest absolute Gasteiger partial charge is 0.320 e. The summed E-state index contributed by atoms with van der Waals surface area (Å²) in [7, 11) is 0. The highest BCUT2D eigenvalue weighted by molar-refractivity contribution is 6.31. The van der Waals surface area contributed by atoms with Crippen LogP contribution in [0.25, 0.3) is 0 Å². The van der Waals surface area contributed by atoms with Crippen LogP contribution in [0.15, 0.2) is 18.2 Å². The molecular formula is C17H21ClFN3O3. The maximum absolute atomic E-state index is 13.1. The third kappa shape index (κ3) is 4.61. The van der Waals surface area contributed by atoms with Gasteiger partial charge in [0.2, 0.25) is 5.91 Å². The first-order chi connectivity index (χ1) is 12.0. The molecule has 6 nitrogen and oxygen atoms in total. The maximum Gasteiger partial charge on any atom is 0.320 e. The fourth-order valence-electron chi connectivity index (χ4n) is 3.04. The number of hydrogen-bond donors (Lipinski definition) is 1. The molecule has 2 aliphatic heterocycles. The topological polar surface area (TPSA) is 61.9 Å². The van der Waals surface area contributed by atoms with E-state index in [1.807, 2.05) is 0 Å². The van der Waals surface area contributed by atoms with Crippen LogP contribution in [0.3, 0.4) is 0 Å². The van der Waals surface area contributed by atoms with Crippen LogP contribution in [-0.4, -0.2) is 60.6 Å². The Hall–Kier alpha value is -1.86. The highest BCUT2D eigenvalue weighted by Gasteiger charge is 2.30. The average molecular weight is 370 g/mol. The predicted molar refractivity (Wildman–Crippen MR) is 90.8 cm³/mol. The van der Waals surface area contributed by atoms with Crippen LogP contribution in [-0.2, 0) is 16.1 Å². The highest BCUT2D eigenvalue weighted by atomic mass is 35.5. The molecule has 0 aliphatic carbocycles. The molecule has 1 aromatic carbocycles. The van der Waals surface area contributed by atoms with E-state index in [1.54, 1.807) is 11.0 Å². The second-order valence-electron chi connectivity index (χ2n) is 6.30. The number of nitrogens with one attached hydrogen (secondary N) is 1. The summed E-state index contributed by atoms with van der Waals surface area (Å²) in [6.07, 6.45) is 2.05. The van der Waals surface area contributed by atoms with Gasteiger partial charge in [0.1, 0.15) is 12.4 Å². The van der Waals surface area contributed by atoms with Crippen molar-refractivity contribution in [3.8, 4) is 0 Å². The fraction of sp³-hybridized carbons (Fsp3) is 0.529. The van der Waals surface area contributed by atoms with Crippen molar-refractivity contribution in [2.45, 2.75) is 25.5 Å². The molecule has 0 aromatic heterocycles. The number of rotatable bonds is 6. The summed E-state index contributed by atoms with van der Waals surface area (Å²) in [4.78, 5) is 27.5. The van der Waals surface area contributed by atoms with Gasteiger partial charge in [0.25, 0.3) is 0 Å². The highest BCUT2D eigenvalue weighted by Crippen LogP contribution is 2.21. The van der Waals surface area contributed by atoms with Crippen molar-refractivity contribution < 1.29 is 18.7 Å². The molecule has 2 heterocycles. The fourth-order valence-corrected chi connectivity index (χ4v) is 3.27. The normalized spacial score (nSPS) is 20.4. The standard InChI is InChI=1S/C17H21ClFN3O3/c18-15-8-13(19)4-3-12(15)10-21-5-6-22(17(21)24)11-16(23)20-9-14-2-1-7-25-14/h3-4,8,14H,1-2,5-7,9-11H2,(H,20,23). The van der Waals surface area contributed by atoms with Crippen molar-refractivity contribution in [1.29, 1.82) is 0 Å². The summed E-state index contributed by atoms with van der Waals surface area (Å²) in [6, 6.07) is 3.90. The Labute approximate surface area is 150 Å². The van der Waals surface area contributed by atoms with Crippen LogP contribution in [0.5, 0.6) is 0 Å². The molecule has 8 heteroatoms. The number of nitrogens with zero attached hydrogens (tertiary/aromatic N) is 2. The van der Waals surface area contributed by atoms with E-state index in [9.17, 15) is 14.0 Å². The Morgan fingerprint density at radius 3 is 2.88 bits per heavy atom. The number of hydrogen-bond acceptors (Lipinski definition) is 3.